The third kappa shape index (κ3) is 5.58. The van der Waals surface area contributed by atoms with Gasteiger partial charge in [0.1, 0.15) is 5.52 Å². The Morgan fingerprint density at radius 2 is 1.09 bits per heavy atom. The van der Waals surface area contributed by atoms with Crippen LogP contribution in [0.1, 0.15) is 0 Å². The van der Waals surface area contributed by atoms with Gasteiger partial charge in [-0.3, -0.25) is 0 Å². The van der Waals surface area contributed by atoms with Crippen LogP contribution in [0.25, 0.3) is 83.1 Å². The van der Waals surface area contributed by atoms with Gasteiger partial charge in [0, 0.05) is 44.5 Å². The second-order valence-corrected chi connectivity index (χ2v) is 14.4. The summed E-state index contributed by atoms with van der Waals surface area (Å²) >= 11 is 0. The molecule has 0 saturated carbocycles. The topological polar surface area (TPSA) is 34.2 Å². The third-order valence-electron chi connectivity index (χ3n) is 11.0. The average Bonchev–Trinajstić information content (AvgIpc) is 3.88. The van der Waals surface area contributed by atoms with Crippen molar-refractivity contribution in [2.75, 3.05) is 4.90 Å². The first kappa shape index (κ1) is 32.7. The number of aromatic nitrogens is 2. The summed E-state index contributed by atoms with van der Waals surface area (Å²) in [7, 11) is 0. The number of benzene rings is 9. The SMILES string of the molecule is c1ccc(-c2nc3cccc(-c4ccc(N(c5ccc6c7c8ccccc8ccc7n(-c7ccccc7)c6c5)c5ccccc5-c5ccccc5)cc4)c3o2)cc1. The molecular formula is C53H35N3O. The average molecular weight is 730 g/mol. The van der Waals surface area contributed by atoms with E-state index in [0.29, 0.717) is 5.89 Å². The molecule has 268 valence electrons. The Bertz CT molecular complexity index is 3220. The van der Waals surface area contributed by atoms with Crippen molar-refractivity contribution in [3.05, 3.63) is 212 Å². The molecule has 0 radical (unpaired) electrons. The molecule has 0 aliphatic heterocycles. The Balaban J connectivity index is 1.11. The van der Waals surface area contributed by atoms with E-state index < -0.39 is 0 Å². The molecule has 57 heavy (non-hydrogen) atoms. The van der Waals surface area contributed by atoms with E-state index in [1.54, 1.807) is 0 Å². The Kier molecular flexibility index (Phi) is 7.78. The van der Waals surface area contributed by atoms with Gasteiger partial charge in [-0.2, -0.15) is 0 Å². The first-order chi connectivity index (χ1) is 28.3. The van der Waals surface area contributed by atoms with Crippen molar-refractivity contribution in [2.45, 2.75) is 0 Å². The summed E-state index contributed by atoms with van der Waals surface area (Å²) in [5.41, 5.74) is 13.6. The standard InChI is InChI=1S/C53H35N3O/c1-4-15-36(16-5-1)43-22-12-13-26-48(43)55(41-30-27-38(28-31-41)45-24-14-25-47-52(45)57-53(54-47)39-18-6-2-7-19-39)42-32-33-46-50(35-42)56(40-20-8-3-9-21-40)49-34-29-37-17-10-11-23-44(37)51(46)49/h1-35H. The van der Waals surface area contributed by atoms with Crippen molar-refractivity contribution >= 4 is 60.7 Å². The van der Waals surface area contributed by atoms with Gasteiger partial charge in [0.2, 0.25) is 5.89 Å². The van der Waals surface area contributed by atoms with Gasteiger partial charge in [-0.05, 0) is 88.6 Å². The van der Waals surface area contributed by atoms with Crippen LogP contribution in [0.15, 0.2) is 217 Å². The van der Waals surface area contributed by atoms with Crippen molar-refractivity contribution < 1.29 is 4.42 Å². The molecule has 11 rings (SSSR count). The Labute approximate surface area is 330 Å². The Hall–Kier alpha value is -7.69. The maximum atomic E-state index is 6.44. The first-order valence-corrected chi connectivity index (χ1v) is 19.3. The minimum Gasteiger partial charge on any atom is -0.435 e. The fourth-order valence-corrected chi connectivity index (χ4v) is 8.40. The molecular weight excluding hydrogens is 695 g/mol. The van der Waals surface area contributed by atoms with Gasteiger partial charge < -0.3 is 13.9 Å². The van der Waals surface area contributed by atoms with E-state index in [1.165, 1.54) is 27.1 Å². The van der Waals surface area contributed by atoms with Gasteiger partial charge in [-0.25, -0.2) is 4.98 Å². The lowest BCUT2D eigenvalue weighted by Crippen LogP contribution is -2.11. The summed E-state index contributed by atoms with van der Waals surface area (Å²) in [6.45, 7) is 0. The lowest BCUT2D eigenvalue weighted by Gasteiger charge is -2.28. The van der Waals surface area contributed by atoms with Crippen molar-refractivity contribution in [3.8, 4) is 39.4 Å². The van der Waals surface area contributed by atoms with Crippen LogP contribution in [0.3, 0.4) is 0 Å². The molecule has 0 spiro atoms. The quantitative estimate of drug-likeness (QED) is 0.164. The summed E-state index contributed by atoms with van der Waals surface area (Å²) in [6, 6.07) is 75.2. The van der Waals surface area contributed by atoms with Crippen LogP contribution in [0.5, 0.6) is 0 Å². The summed E-state index contributed by atoms with van der Waals surface area (Å²) in [5, 5.41) is 4.96. The molecule has 4 heteroatoms. The zero-order chi connectivity index (χ0) is 37.7. The maximum absolute atomic E-state index is 6.44. The van der Waals surface area contributed by atoms with Crippen molar-refractivity contribution in [3.63, 3.8) is 0 Å². The molecule has 4 nitrogen and oxygen atoms in total. The number of fused-ring (bicyclic) bond motifs is 6. The lowest BCUT2D eigenvalue weighted by molar-refractivity contribution is 0.621. The maximum Gasteiger partial charge on any atom is 0.227 e. The fraction of sp³-hybridized carbons (Fsp3) is 0. The van der Waals surface area contributed by atoms with E-state index in [9.17, 15) is 0 Å². The summed E-state index contributed by atoms with van der Waals surface area (Å²) in [4.78, 5) is 7.23. The highest BCUT2D eigenvalue weighted by Crippen LogP contribution is 2.45. The van der Waals surface area contributed by atoms with E-state index in [2.05, 4.69) is 185 Å². The Morgan fingerprint density at radius 1 is 0.439 bits per heavy atom. The first-order valence-electron chi connectivity index (χ1n) is 19.3. The zero-order valence-corrected chi connectivity index (χ0v) is 31.0. The van der Waals surface area contributed by atoms with Crippen LogP contribution in [0.2, 0.25) is 0 Å². The molecule has 0 saturated heterocycles. The van der Waals surface area contributed by atoms with E-state index >= 15 is 0 Å². The van der Waals surface area contributed by atoms with Crippen molar-refractivity contribution in [1.82, 2.24) is 9.55 Å². The van der Waals surface area contributed by atoms with E-state index in [-0.39, 0.29) is 0 Å². The van der Waals surface area contributed by atoms with E-state index in [1.807, 2.05) is 36.4 Å². The molecule has 0 N–H and O–H groups in total. The second-order valence-electron chi connectivity index (χ2n) is 14.4. The smallest absolute Gasteiger partial charge is 0.227 e. The van der Waals surface area contributed by atoms with Gasteiger partial charge >= 0.3 is 0 Å². The highest BCUT2D eigenvalue weighted by molar-refractivity contribution is 6.21. The minimum absolute atomic E-state index is 0.620. The van der Waals surface area contributed by atoms with Crippen LogP contribution in [0.4, 0.5) is 17.1 Å². The second kappa shape index (κ2) is 13.6. The molecule has 11 aromatic rings. The molecule has 0 aliphatic rings. The van der Waals surface area contributed by atoms with Crippen molar-refractivity contribution in [1.29, 1.82) is 0 Å². The van der Waals surface area contributed by atoms with Crippen LogP contribution < -0.4 is 4.90 Å². The van der Waals surface area contributed by atoms with Gasteiger partial charge in [0.25, 0.3) is 0 Å². The molecule has 0 atom stereocenters. The predicted octanol–water partition coefficient (Wildman–Crippen LogP) is 14.5. The normalized spacial score (nSPS) is 11.5. The monoisotopic (exact) mass is 729 g/mol. The highest BCUT2D eigenvalue weighted by Gasteiger charge is 2.21. The van der Waals surface area contributed by atoms with Gasteiger partial charge in [-0.15, -0.1) is 0 Å². The molecule has 0 fully saturated rings. The molecule has 2 aromatic heterocycles. The number of hydrogen-bond donors (Lipinski definition) is 0. The number of oxazole rings is 1. The highest BCUT2D eigenvalue weighted by atomic mass is 16.3. The van der Waals surface area contributed by atoms with Gasteiger partial charge in [0.05, 0.1) is 16.7 Å². The number of nitrogens with zero attached hydrogens (tertiary/aromatic N) is 3. The molecule has 0 amide bonds. The molecule has 0 unspecified atom stereocenters. The van der Waals surface area contributed by atoms with E-state index in [4.69, 9.17) is 9.40 Å². The number of rotatable bonds is 7. The summed E-state index contributed by atoms with van der Waals surface area (Å²) in [5.74, 6) is 0.620. The van der Waals surface area contributed by atoms with Crippen LogP contribution in [-0.4, -0.2) is 9.55 Å². The number of hydrogen-bond acceptors (Lipinski definition) is 3. The van der Waals surface area contributed by atoms with Crippen molar-refractivity contribution in [2.24, 2.45) is 0 Å². The fourth-order valence-electron chi connectivity index (χ4n) is 8.40. The summed E-state index contributed by atoms with van der Waals surface area (Å²) in [6.07, 6.45) is 0. The Morgan fingerprint density at radius 3 is 1.89 bits per heavy atom. The minimum atomic E-state index is 0.620. The molecule has 9 aromatic carbocycles. The third-order valence-corrected chi connectivity index (χ3v) is 11.0. The summed E-state index contributed by atoms with van der Waals surface area (Å²) < 4.78 is 8.85. The molecule has 0 aliphatic carbocycles. The van der Waals surface area contributed by atoms with Crippen LogP contribution >= 0.6 is 0 Å². The largest absolute Gasteiger partial charge is 0.435 e. The van der Waals surface area contributed by atoms with Crippen LogP contribution in [0, 0.1) is 0 Å². The van der Waals surface area contributed by atoms with E-state index in [0.717, 1.165) is 67.2 Å². The van der Waals surface area contributed by atoms with Crippen LogP contribution in [-0.2, 0) is 0 Å². The number of anilines is 3. The molecule has 0 bridgehead atoms. The number of para-hydroxylation sites is 3. The van der Waals surface area contributed by atoms with Gasteiger partial charge in [-0.1, -0.05) is 146 Å². The molecule has 2 heterocycles. The van der Waals surface area contributed by atoms with Gasteiger partial charge in [0.15, 0.2) is 5.58 Å². The zero-order valence-electron chi connectivity index (χ0n) is 31.0. The predicted molar refractivity (Wildman–Crippen MR) is 237 cm³/mol. The lowest BCUT2D eigenvalue weighted by atomic mass is 10.0.